The standard InChI is InChI=1S/C24H26N4O/c29-24(22-21-10-4-5-14-28(21)23(25-22)20-11-12-20)27-17-15-26(16-18-27)13-6-9-19-7-2-1-3-8-19/h1-10,14,20H,11-13,15-18H2/b9-6+. The zero-order chi connectivity index (χ0) is 19.6. The van der Waals surface area contributed by atoms with E-state index in [0.717, 1.165) is 44.1 Å². The molecule has 5 heteroatoms. The van der Waals surface area contributed by atoms with Crippen molar-refractivity contribution in [2.75, 3.05) is 32.7 Å². The number of fused-ring (bicyclic) bond motifs is 1. The first-order chi connectivity index (χ1) is 14.3. The Hall–Kier alpha value is -2.92. The Bertz CT molecular complexity index is 1030. The Morgan fingerprint density at radius 1 is 1.00 bits per heavy atom. The van der Waals surface area contributed by atoms with Crippen LogP contribution in [0.25, 0.3) is 11.6 Å². The lowest BCUT2D eigenvalue weighted by Gasteiger charge is -2.33. The van der Waals surface area contributed by atoms with Crippen molar-refractivity contribution in [1.29, 1.82) is 0 Å². The van der Waals surface area contributed by atoms with Crippen LogP contribution < -0.4 is 0 Å². The monoisotopic (exact) mass is 386 g/mol. The molecule has 1 aromatic carbocycles. The van der Waals surface area contributed by atoms with Crippen LogP contribution in [0.3, 0.4) is 0 Å². The lowest BCUT2D eigenvalue weighted by molar-refractivity contribution is 0.0647. The van der Waals surface area contributed by atoms with E-state index in [2.05, 4.69) is 45.7 Å². The first-order valence-corrected chi connectivity index (χ1v) is 10.5. The summed E-state index contributed by atoms with van der Waals surface area (Å²) >= 11 is 0. The van der Waals surface area contributed by atoms with Crippen molar-refractivity contribution < 1.29 is 4.79 Å². The number of carbonyl (C=O) groups excluding carboxylic acids is 1. The van der Waals surface area contributed by atoms with E-state index in [-0.39, 0.29) is 5.91 Å². The van der Waals surface area contributed by atoms with Crippen molar-refractivity contribution >= 4 is 17.5 Å². The van der Waals surface area contributed by atoms with Crippen LogP contribution in [0.2, 0.25) is 0 Å². The Balaban J connectivity index is 1.23. The first kappa shape index (κ1) is 18.1. The second-order valence-electron chi connectivity index (χ2n) is 7.95. The van der Waals surface area contributed by atoms with Crippen molar-refractivity contribution in [2.24, 2.45) is 0 Å². The van der Waals surface area contributed by atoms with Crippen molar-refractivity contribution in [3.8, 4) is 0 Å². The Morgan fingerprint density at radius 3 is 2.52 bits per heavy atom. The molecule has 5 rings (SSSR count). The van der Waals surface area contributed by atoms with Gasteiger partial charge in [-0.15, -0.1) is 0 Å². The molecule has 1 aliphatic carbocycles. The average molecular weight is 386 g/mol. The highest BCUT2D eigenvalue weighted by atomic mass is 16.2. The molecular formula is C24H26N4O. The number of hydrogen-bond donors (Lipinski definition) is 0. The molecule has 29 heavy (non-hydrogen) atoms. The van der Waals surface area contributed by atoms with Gasteiger partial charge in [0.2, 0.25) is 0 Å². The molecule has 1 aliphatic heterocycles. The topological polar surface area (TPSA) is 40.9 Å². The van der Waals surface area contributed by atoms with Gasteiger partial charge in [-0.3, -0.25) is 9.69 Å². The van der Waals surface area contributed by atoms with Crippen molar-refractivity contribution in [3.63, 3.8) is 0 Å². The zero-order valence-corrected chi connectivity index (χ0v) is 16.6. The van der Waals surface area contributed by atoms with Gasteiger partial charge < -0.3 is 9.30 Å². The van der Waals surface area contributed by atoms with Crippen molar-refractivity contribution in [2.45, 2.75) is 18.8 Å². The molecule has 3 heterocycles. The third-order valence-electron chi connectivity index (χ3n) is 5.85. The average Bonchev–Trinajstić information content (AvgIpc) is 3.55. The van der Waals surface area contributed by atoms with Gasteiger partial charge in [-0.1, -0.05) is 48.6 Å². The summed E-state index contributed by atoms with van der Waals surface area (Å²) in [5.41, 5.74) is 2.77. The third-order valence-corrected chi connectivity index (χ3v) is 5.85. The molecule has 1 saturated carbocycles. The molecular weight excluding hydrogens is 360 g/mol. The molecule has 2 aliphatic rings. The first-order valence-electron chi connectivity index (χ1n) is 10.5. The maximum absolute atomic E-state index is 13.2. The smallest absolute Gasteiger partial charge is 0.274 e. The van der Waals surface area contributed by atoms with Crippen LogP contribution in [-0.4, -0.2) is 57.8 Å². The predicted molar refractivity (Wildman–Crippen MR) is 115 cm³/mol. The van der Waals surface area contributed by atoms with Crippen LogP contribution in [0, 0.1) is 0 Å². The second-order valence-corrected chi connectivity index (χ2v) is 7.95. The summed E-state index contributed by atoms with van der Waals surface area (Å²) in [6, 6.07) is 16.4. The summed E-state index contributed by atoms with van der Waals surface area (Å²) in [5.74, 6) is 1.63. The fourth-order valence-electron chi connectivity index (χ4n) is 4.03. The molecule has 0 atom stereocenters. The summed E-state index contributed by atoms with van der Waals surface area (Å²) < 4.78 is 2.11. The summed E-state index contributed by atoms with van der Waals surface area (Å²) in [4.78, 5) is 22.3. The highest BCUT2D eigenvalue weighted by molar-refractivity contribution is 5.99. The number of imidazole rings is 1. The molecule has 2 aromatic heterocycles. The maximum Gasteiger partial charge on any atom is 0.274 e. The number of rotatable bonds is 5. The molecule has 2 fully saturated rings. The SMILES string of the molecule is O=C(c1nc(C2CC2)n2ccccc12)N1CCN(C/C=C/c2ccccc2)CC1. The van der Waals surface area contributed by atoms with Crippen LogP contribution in [0.4, 0.5) is 0 Å². The molecule has 1 amide bonds. The highest BCUT2D eigenvalue weighted by Gasteiger charge is 2.32. The minimum Gasteiger partial charge on any atom is -0.335 e. The number of pyridine rings is 1. The maximum atomic E-state index is 13.2. The van der Waals surface area contributed by atoms with Crippen molar-refractivity contribution in [1.82, 2.24) is 19.2 Å². The quantitative estimate of drug-likeness (QED) is 0.672. The van der Waals surface area contributed by atoms with Crippen LogP contribution in [0.15, 0.2) is 60.8 Å². The van der Waals surface area contributed by atoms with Gasteiger partial charge in [0.1, 0.15) is 5.82 Å². The Labute approximate surface area is 171 Å². The van der Waals surface area contributed by atoms with Gasteiger partial charge in [0.05, 0.1) is 5.52 Å². The number of hydrogen-bond acceptors (Lipinski definition) is 3. The summed E-state index contributed by atoms with van der Waals surface area (Å²) in [5, 5.41) is 0. The van der Waals surface area contributed by atoms with Gasteiger partial charge in [0.25, 0.3) is 5.91 Å². The molecule has 148 valence electrons. The summed E-state index contributed by atoms with van der Waals surface area (Å²) in [6.07, 6.45) is 8.75. The minimum atomic E-state index is 0.0695. The minimum absolute atomic E-state index is 0.0695. The highest BCUT2D eigenvalue weighted by Crippen LogP contribution is 2.40. The number of piperazine rings is 1. The van der Waals surface area contributed by atoms with Crippen molar-refractivity contribution in [3.05, 3.63) is 77.9 Å². The van der Waals surface area contributed by atoms with E-state index in [4.69, 9.17) is 4.98 Å². The number of carbonyl (C=O) groups is 1. The fourth-order valence-corrected chi connectivity index (χ4v) is 4.03. The molecule has 0 bridgehead atoms. The van der Waals surface area contributed by atoms with Gasteiger partial charge in [0.15, 0.2) is 5.69 Å². The number of nitrogens with zero attached hydrogens (tertiary/aromatic N) is 4. The van der Waals surface area contributed by atoms with Gasteiger partial charge in [0, 0.05) is 44.8 Å². The van der Waals surface area contributed by atoms with Gasteiger partial charge in [-0.2, -0.15) is 0 Å². The fraction of sp³-hybridized carbons (Fsp3) is 0.333. The zero-order valence-electron chi connectivity index (χ0n) is 16.6. The van der Waals surface area contributed by atoms with Gasteiger partial charge in [-0.25, -0.2) is 4.98 Å². The molecule has 0 radical (unpaired) electrons. The van der Waals surface area contributed by atoms with Crippen LogP contribution in [0.5, 0.6) is 0 Å². The molecule has 5 nitrogen and oxygen atoms in total. The lowest BCUT2D eigenvalue weighted by atomic mass is 10.2. The third kappa shape index (κ3) is 3.83. The van der Waals surface area contributed by atoms with E-state index in [0.29, 0.717) is 11.6 Å². The van der Waals surface area contributed by atoms with E-state index < -0.39 is 0 Å². The summed E-state index contributed by atoms with van der Waals surface area (Å²) in [7, 11) is 0. The largest absolute Gasteiger partial charge is 0.335 e. The number of benzene rings is 1. The normalized spacial score (nSPS) is 18.0. The van der Waals surface area contributed by atoms with Gasteiger partial charge in [-0.05, 0) is 30.5 Å². The van der Waals surface area contributed by atoms with E-state index in [1.165, 1.54) is 18.4 Å². The van der Waals surface area contributed by atoms with E-state index in [9.17, 15) is 4.79 Å². The Morgan fingerprint density at radius 2 is 1.76 bits per heavy atom. The molecule has 0 N–H and O–H groups in total. The van der Waals surface area contributed by atoms with E-state index in [1.807, 2.05) is 35.4 Å². The predicted octanol–water partition coefficient (Wildman–Crippen LogP) is 3.68. The van der Waals surface area contributed by atoms with Crippen LogP contribution in [-0.2, 0) is 0 Å². The second kappa shape index (κ2) is 7.84. The molecule has 3 aromatic rings. The van der Waals surface area contributed by atoms with Crippen LogP contribution in [0.1, 0.15) is 40.6 Å². The van der Waals surface area contributed by atoms with Gasteiger partial charge >= 0.3 is 0 Å². The number of aromatic nitrogens is 2. The molecule has 0 spiro atoms. The number of amides is 1. The van der Waals surface area contributed by atoms with Crippen LogP contribution >= 0.6 is 0 Å². The van der Waals surface area contributed by atoms with E-state index >= 15 is 0 Å². The molecule has 1 saturated heterocycles. The summed E-state index contributed by atoms with van der Waals surface area (Å²) in [6.45, 7) is 4.21. The molecule has 0 unspecified atom stereocenters. The Kier molecular flexibility index (Phi) is 4.90. The lowest BCUT2D eigenvalue weighted by Crippen LogP contribution is -2.48. The van der Waals surface area contributed by atoms with E-state index in [1.54, 1.807) is 0 Å².